The molecule has 0 aliphatic heterocycles. The zero-order chi connectivity index (χ0) is 18.6. The predicted octanol–water partition coefficient (Wildman–Crippen LogP) is 5.18. The lowest BCUT2D eigenvalue weighted by Crippen LogP contribution is -1.96. The van der Waals surface area contributed by atoms with E-state index in [1.807, 2.05) is 49.4 Å². The van der Waals surface area contributed by atoms with E-state index in [1.54, 1.807) is 22.7 Å². The Labute approximate surface area is 169 Å². The maximum Gasteiger partial charge on any atom is 0.206 e. The fourth-order valence-electron chi connectivity index (χ4n) is 2.48. The van der Waals surface area contributed by atoms with Gasteiger partial charge in [0.15, 0.2) is 4.34 Å². The summed E-state index contributed by atoms with van der Waals surface area (Å²) in [6, 6.07) is 13.6. The number of anilines is 1. The maximum atomic E-state index is 6.57. The Balaban J connectivity index is 1.41. The second kappa shape index (κ2) is 8.16. The summed E-state index contributed by atoms with van der Waals surface area (Å²) >= 11 is 9.68. The monoisotopic (exact) mass is 417 g/mol. The normalized spacial score (nSPS) is 11.0. The molecule has 0 amide bonds. The number of nitrogens with one attached hydrogen (secondary N) is 1. The third kappa shape index (κ3) is 4.18. The first kappa shape index (κ1) is 18.1. The van der Waals surface area contributed by atoms with Crippen molar-refractivity contribution in [3.05, 3.63) is 70.9 Å². The minimum atomic E-state index is 0.584. The fourth-order valence-corrected chi connectivity index (χ4v) is 4.74. The topological polar surface area (TPSA) is 68.8 Å². The van der Waals surface area contributed by atoms with Crippen molar-refractivity contribution in [1.82, 2.24) is 20.0 Å². The lowest BCUT2D eigenvalue weighted by molar-refractivity contribution is 0.518. The zero-order valence-corrected chi connectivity index (χ0v) is 16.8. The number of hydrogen-bond acceptors (Lipinski definition) is 7. The highest BCUT2D eigenvalue weighted by molar-refractivity contribution is 8.00. The van der Waals surface area contributed by atoms with Crippen LogP contribution >= 0.6 is 34.7 Å². The Hall–Kier alpha value is -2.29. The molecule has 0 radical (unpaired) electrons. The van der Waals surface area contributed by atoms with Crippen LogP contribution in [0, 0.1) is 6.92 Å². The maximum absolute atomic E-state index is 6.57. The van der Waals surface area contributed by atoms with E-state index < -0.39 is 0 Å². The van der Waals surface area contributed by atoms with E-state index in [4.69, 9.17) is 16.0 Å². The number of halogens is 1. The summed E-state index contributed by atoms with van der Waals surface area (Å²) in [5.41, 5.74) is 2.87. The van der Waals surface area contributed by atoms with Gasteiger partial charge in [-0.25, -0.2) is 4.68 Å². The zero-order valence-electron chi connectivity index (χ0n) is 14.4. The molecular weight excluding hydrogens is 402 g/mol. The molecule has 0 unspecified atom stereocenters. The van der Waals surface area contributed by atoms with Gasteiger partial charge in [-0.15, -0.1) is 10.2 Å². The molecule has 3 aromatic heterocycles. The number of aryl methyl sites for hydroxylation is 1. The molecule has 138 valence electrons. The molecule has 0 saturated carbocycles. The summed E-state index contributed by atoms with van der Waals surface area (Å²) in [7, 11) is 0. The summed E-state index contributed by atoms with van der Waals surface area (Å²) in [6.45, 7) is 2.55. The SMILES string of the molecule is Cc1nn(-c2ccccc2)c(Cl)c1CSc1nnc(NCc2ccco2)s1. The standard InChI is InChI=1S/C18H16ClN5OS2/c1-12-15(16(19)24(23-12)13-6-3-2-4-7-13)11-26-18-22-21-17(27-18)20-10-14-8-5-9-25-14/h2-9H,10-11H2,1H3,(H,20,21). The van der Waals surface area contributed by atoms with Gasteiger partial charge in [0, 0.05) is 11.3 Å². The van der Waals surface area contributed by atoms with Crippen LogP contribution in [0.3, 0.4) is 0 Å². The molecule has 6 nitrogen and oxygen atoms in total. The molecule has 0 aliphatic carbocycles. The van der Waals surface area contributed by atoms with Crippen molar-refractivity contribution in [1.29, 1.82) is 0 Å². The van der Waals surface area contributed by atoms with Gasteiger partial charge >= 0.3 is 0 Å². The molecule has 0 bridgehead atoms. The van der Waals surface area contributed by atoms with Gasteiger partial charge in [-0.3, -0.25) is 0 Å². The Bertz CT molecular complexity index is 1010. The van der Waals surface area contributed by atoms with Crippen molar-refractivity contribution in [2.24, 2.45) is 0 Å². The van der Waals surface area contributed by atoms with Crippen LogP contribution in [0.15, 0.2) is 57.5 Å². The Kier molecular flexibility index (Phi) is 5.47. The highest BCUT2D eigenvalue weighted by atomic mass is 35.5. The van der Waals surface area contributed by atoms with Crippen molar-refractivity contribution in [3.8, 4) is 5.69 Å². The Morgan fingerprint density at radius 2 is 2.04 bits per heavy atom. The molecular formula is C18H16ClN5OS2. The van der Waals surface area contributed by atoms with E-state index in [2.05, 4.69) is 20.6 Å². The summed E-state index contributed by atoms with van der Waals surface area (Å²) in [5.74, 6) is 1.54. The molecule has 1 aromatic carbocycles. The number of thioether (sulfide) groups is 1. The van der Waals surface area contributed by atoms with Crippen LogP contribution in [-0.2, 0) is 12.3 Å². The van der Waals surface area contributed by atoms with Gasteiger partial charge < -0.3 is 9.73 Å². The fraction of sp³-hybridized carbons (Fsp3) is 0.167. The van der Waals surface area contributed by atoms with Crippen molar-refractivity contribution in [3.63, 3.8) is 0 Å². The van der Waals surface area contributed by atoms with E-state index in [9.17, 15) is 0 Å². The highest BCUT2D eigenvalue weighted by Crippen LogP contribution is 2.33. The van der Waals surface area contributed by atoms with Crippen molar-refractivity contribution in [2.75, 3.05) is 5.32 Å². The molecule has 4 aromatic rings. The van der Waals surface area contributed by atoms with Gasteiger partial charge in [0.1, 0.15) is 10.9 Å². The smallest absolute Gasteiger partial charge is 0.206 e. The van der Waals surface area contributed by atoms with Gasteiger partial charge in [-0.2, -0.15) is 5.10 Å². The first-order valence-electron chi connectivity index (χ1n) is 8.22. The van der Waals surface area contributed by atoms with Crippen LogP contribution < -0.4 is 5.32 Å². The van der Waals surface area contributed by atoms with Gasteiger partial charge in [0.25, 0.3) is 0 Å². The molecule has 0 atom stereocenters. The van der Waals surface area contributed by atoms with Crippen LogP contribution in [0.2, 0.25) is 5.15 Å². The summed E-state index contributed by atoms with van der Waals surface area (Å²) in [4.78, 5) is 0. The summed E-state index contributed by atoms with van der Waals surface area (Å²) in [5, 5.41) is 17.6. The molecule has 0 aliphatic rings. The van der Waals surface area contributed by atoms with Crippen molar-refractivity contribution in [2.45, 2.75) is 23.6 Å². The van der Waals surface area contributed by atoms with E-state index in [0.717, 1.165) is 32.2 Å². The average molecular weight is 418 g/mol. The predicted molar refractivity (Wildman–Crippen MR) is 109 cm³/mol. The summed E-state index contributed by atoms with van der Waals surface area (Å²) < 4.78 is 7.94. The largest absolute Gasteiger partial charge is 0.467 e. The first-order valence-corrected chi connectivity index (χ1v) is 10.4. The number of furan rings is 1. The lowest BCUT2D eigenvalue weighted by atomic mass is 10.3. The highest BCUT2D eigenvalue weighted by Gasteiger charge is 2.16. The van der Waals surface area contributed by atoms with Crippen LogP contribution in [0.25, 0.3) is 5.69 Å². The molecule has 0 saturated heterocycles. The van der Waals surface area contributed by atoms with Gasteiger partial charge in [-0.1, -0.05) is 52.9 Å². The number of hydrogen-bond donors (Lipinski definition) is 1. The van der Waals surface area contributed by atoms with E-state index in [-0.39, 0.29) is 0 Å². The third-order valence-corrected chi connectivity index (χ3v) is 6.29. The molecule has 0 spiro atoms. The average Bonchev–Trinajstić information content (AvgIpc) is 3.41. The molecule has 3 heterocycles. The van der Waals surface area contributed by atoms with E-state index in [0.29, 0.717) is 17.5 Å². The van der Waals surface area contributed by atoms with Gasteiger partial charge in [0.2, 0.25) is 5.13 Å². The number of para-hydroxylation sites is 1. The van der Waals surface area contributed by atoms with Crippen LogP contribution in [0.4, 0.5) is 5.13 Å². The van der Waals surface area contributed by atoms with Crippen LogP contribution in [0.1, 0.15) is 17.0 Å². The number of nitrogens with zero attached hydrogens (tertiary/aromatic N) is 4. The molecule has 4 rings (SSSR count). The van der Waals surface area contributed by atoms with E-state index in [1.165, 1.54) is 11.3 Å². The van der Waals surface area contributed by atoms with Crippen LogP contribution in [-0.4, -0.2) is 20.0 Å². The van der Waals surface area contributed by atoms with Gasteiger partial charge in [-0.05, 0) is 31.2 Å². The quantitative estimate of drug-likeness (QED) is 0.417. The second-order valence-corrected chi connectivity index (χ2v) is 8.25. The van der Waals surface area contributed by atoms with Gasteiger partial charge in [0.05, 0.1) is 24.2 Å². The number of benzene rings is 1. The molecule has 27 heavy (non-hydrogen) atoms. The van der Waals surface area contributed by atoms with Crippen LogP contribution in [0.5, 0.6) is 0 Å². The van der Waals surface area contributed by atoms with Crippen molar-refractivity contribution >= 4 is 39.8 Å². The lowest BCUT2D eigenvalue weighted by Gasteiger charge is -2.02. The minimum Gasteiger partial charge on any atom is -0.467 e. The molecule has 0 fully saturated rings. The second-order valence-electron chi connectivity index (χ2n) is 5.70. The number of rotatable bonds is 7. The van der Waals surface area contributed by atoms with E-state index >= 15 is 0 Å². The summed E-state index contributed by atoms with van der Waals surface area (Å²) in [6.07, 6.45) is 1.65. The van der Waals surface area contributed by atoms with Crippen molar-refractivity contribution < 1.29 is 4.42 Å². The Morgan fingerprint density at radius 3 is 2.81 bits per heavy atom. The molecule has 9 heteroatoms. The number of aromatic nitrogens is 4. The first-order chi connectivity index (χ1) is 13.2. The molecule has 1 N–H and O–H groups in total. The minimum absolute atomic E-state index is 0.584. The Morgan fingerprint density at radius 1 is 1.19 bits per heavy atom. The third-order valence-electron chi connectivity index (χ3n) is 3.86.